The second-order valence-corrected chi connectivity index (χ2v) is 2.93. The molecular formula is C10H10N2O2. The fourth-order valence-electron chi connectivity index (χ4n) is 1.33. The van der Waals surface area contributed by atoms with Crippen LogP contribution in [0.15, 0.2) is 18.3 Å². The van der Waals surface area contributed by atoms with Crippen molar-refractivity contribution in [1.29, 1.82) is 0 Å². The number of carbonyl (C=O) groups is 1. The van der Waals surface area contributed by atoms with Crippen LogP contribution in [0.2, 0.25) is 0 Å². The van der Waals surface area contributed by atoms with E-state index in [1.165, 1.54) is 7.11 Å². The second-order valence-electron chi connectivity index (χ2n) is 2.93. The third-order valence-electron chi connectivity index (χ3n) is 2.04. The lowest BCUT2D eigenvalue weighted by Gasteiger charge is -2.12. The van der Waals surface area contributed by atoms with Gasteiger partial charge in [0.25, 0.3) is 0 Å². The molecule has 2 rings (SSSR count). The number of pyridine rings is 1. The highest BCUT2D eigenvalue weighted by atomic mass is 16.5. The molecule has 1 aromatic rings. The third kappa shape index (κ3) is 1.46. The van der Waals surface area contributed by atoms with Crippen molar-refractivity contribution in [2.45, 2.75) is 0 Å². The molecule has 1 aliphatic rings. The number of nitrogens with zero attached hydrogens (tertiary/aromatic N) is 1. The zero-order valence-electron chi connectivity index (χ0n) is 7.78. The Morgan fingerprint density at radius 2 is 2.50 bits per heavy atom. The molecule has 4 heteroatoms. The van der Waals surface area contributed by atoms with E-state index in [-0.39, 0.29) is 0 Å². The molecule has 0 radical (unpaired) electrons. The van der Waals surface area contributed by atoms with Gasteiger partial charge in [-0.2, -0.15) is 0 Å². The normalized spacial score (nSPS) is 12.9. The van der Waals surface area contributed by atoms with Crippen LogP contribution in [0.4, 0.5) is 5.69 Å². The van der Waals surface area contributed by atoms with E-state index in [1.807, 2.05) is 12.2 Å². The number of hydrogen-bond acceptors (Lipinski definition) is 4. The smallest absolute Gasteiger partial charge is 0.356 e. The van der Waals surface area contributed by atoms with Crippen LogP contribution in [0.5, 0.6) is 0 Å². The molecule has 0 aromatic carbocycles. The zero-order valence-corrected chi connectivity index (χ0v) is 7.78. The summed E-state index contributed by atoms with van der Waals surface area (Å²) in [6.45, 7) is 0.798. The molecule has 1 aromatic heterocycles. The van der Waals surface area contributed by atoms with Crippen molar-refractivity contribution in [3.63, 3.8) is 0 Å². The summed E-state index contributed by atoms with van der Waals surface area (Å²) in [6, 6.07) is 1.71. The Morgan fingerprint density at radius 1 is 1.64 bits per heavy atom. The number of ether oxygens (including phenoxy) is 1. The number of aromatic nitrogens is 1. The Bertz CT molecular complexity index is 399. The number of carbonyl (C=O) groups excluding carboxylic acids is 1. The molecule has 0 spiro atoms. The number of anilines is 1. The molecule has 1 N–H and O–H groups in total. The molecular weight excluding hydrogens is 180 g/mol. The molecule has 0 saturated carbocycles. The molecule has 72 valence electrons. The van der Waals surface area contributed by atoms with E-state index in [0.29, 0.717) is 5.69 Å². The first kappa shape index (κ1) is 8.74. The summed E-state index contributed by atoms with van der Waals surface area (Å²) in [4.78, 5) is 15.2. The first-order valence-electron chi connectivity index (χ1n) is 4.30. The van der Waals surface area contributed by atoms with Crippen LogP contribution in [-0.2, 0) is 4.74 Å². The average Bonchev–Trinajstić information content (AvgIpc) is 2.27. The van der Waals surface area contributed by atoms with Gasteiger partial charge in [0.2, 0.25) is 0 Å². The van der Waals surface area contributed by atoms with Crippen molar-refractivity contribution in [3.05, 3.63) is 29.6 Å². The van der Waals surface area contributed by atoms with Crippen LogP contribution in [-0.4, -0.2) is 24.6 Å². The van der Waals surface area contributed by atoms with Gasteiger partial charge in [-0.3, -0.25) is 0 Å². The van der Waals surface area contributed by atoms with Crippen LogP contribution in [0, 0.1) is 0 Å². The van der Waals surface area contributed by atoms with Crippen molar-refractivity contribution < 1.29 is 9.53 Å². The van der Waals surface area contributed by atoms with Crippen molar-refractivity contribution in [1.82, 2.24) is 4.98 Å². The second kappa shape index (κ2) is 3.49. The number of methoxy groups -OCH3 is 1. The molecule has 0 unspecified atom stereocenters. The Balaban J connectivity index is 2.40. The van der Waals surface area contributed by atoms with Crippen molar-refractivity contribution in [2.75, 3.05) is 19.0 Å². The highest BCUT2D eigenvalue weighted by Gasteiger charge is 2.10. The molecule has 0 bridgehead atoms. The summed E-state index contributed by atoms with van der Waals surface area (Å²) in [5.74, 6) is -0.410. The van der Waals surface area contributed by atoms with Gasteiger partial charge >= 0.3 is 5.97 Å². The van der Waals surface area contributed by atoms with Gasteiger partial charge < -0.3 is 10.1 Å². The minimum atomic E-state index is -0.410. The maximum Gasteiger partial charge on any atom is 0.356 e. The number of fused-ring (bicyclic) bond motifs is 1. The third-order valence-corrected chi connectivity index (χ3v) is 2.04. The zero-order chi connectivity index (χ0) is 9.97. The van der Waals surface area contributed by atoms with Crippen LogP contribution in [0.1, 0.15) is 16.1 Å². The van der Waals surface area contributed by atoms with Gasteiger partial charge in [-0.15, -0.1) is 0 Å². The van der Waals surface area contributed by atoms with E-state index in [0.717, 1.165) is 17.8 Å². The summed E-state index contributed by atoms with van der Waals surface area (Å²) < 4.78 is 4.58. The Labute approximate surface area is 81.6 Å². The van der Waals surface area contributed by atoms with Gasteiger partial charge in [-0.25, -0.2) is 9.78 Å². The Hall–Kier alpha value is -1.84. The first-order chi connectivity index (χ1) is 6.81. The van der Waals surface area contributed by atoms with Crippen LogP contribution in [0.3, 0.4) is 0 Å². The van der Waals surface area contributed by atoms with E-state index >= 15 is 0 Å². The van der Waals surface area contributed by atoms with Gasteiger partial charge in [0, 0.05) is 12.1 Å². The van der Waals surface area contributed by atoms with Crippen LogP contribution < -0.4 is 5.32 Å². The molecule has 2 heterocycles. The van der Waals surface area contributed by atoms with E-state index < -0.39 is 5.97 Å². The number of hydrogen-bond donors (Lipinski definition) is 1. The average molecular weight is 190 g/mol. The van der Waals surface area contributed by atoms with E-state index in [9.17, 15) is 4.79 Å². The van der Waals surface area contributed by atoms with Crippen LogP contribution in [0.25, 0.3) is 6.08 Å². The Morgan fingerprint density at radius 3 is 3.29 bits per heavy atom. The fraction of sp³-hybridized carbons (Fsp3) is 0.200. The maximum absolute atomic E-state index is 11.2. The van der Waals surface area contributed by atoms with Gasteiger partial charge in [-0.1, -0.05) is 12.2 Å². The predicted octanol–water partition coefficient (Wildman–Crippen LogP) is 1.31. The molecule has 4 nitrogen and oxygen atoms in total. The minimum absolute atomic E-state index is 0.333. The molecule has 0 atom stereocenters. The lowest BCUT2D eigenvalue weighted by Crippen LogP contribution is -2.09. The molecule has 0 fully saturated rings. The topological polar surface area (TPSA) is 51.2 Å². The number of rotatable bonds is 1. The molecule has 1 aliphatic heterocycles. The van der Waals surface area contributed by atoms with Gasteiger partial charge in [0.1, 0.15) is 5.69 Å². The summed E-state index contributed by atoms with van der Waals surface area (Å²) >= 11 is 0. The largest absolute Gasteiger partial charge is 0.464 e. The van der Waals surface area contributed by atoms with Crippen LogP contribution >= 0.6 is 0 Å². The fourth-order valence-corrected chi connectivity index (χ4v) is 1.33. The van der Waals surface area contributed by atoms with Gasteiger partial charge in [0.05, 0.1) is 19.0 Å². The molecule has 0 amide bonds. The first-order valence-corrected chi connectivity index (χ1v) is 4.30. The standard InChI is InChI=1S/C10H10N2O2/c1-14-10(13)8-5-7-3-2-4-11-9(7)6-12-8/h2-3,5-6,11H,4H2,1H3. The highest BCUT2D eigenvalue weighted by molar-refractivity contribution is 5.89. The number of esters is 1. The van der Waals surface area contributed by atoms with Crippen molar-refractivity contribution in [2.24, 2.45) is 0 Å². The minimum Gasteiger partial charge on any atom is -0.464 e. The summed E-state index contributed by atoms with van der Waals surface area (Å²) in [5.41, 5.74) is 2.24. The summed E-state index contributed by atoms with van der Waals surface area (Å²) in [5, 5.41) is 3.15. The molecule has 0 saturated heterocycles. The predicted molar refractivity (Wildman–Crippen MR) is 53.1 cm³/mol. The Kier molecular flexibility index (Phi) is 2.18. The van der Waals surface area contributed by atoms with E-state index in [4.69, 9.17) is 0 Å². The number of nitrogens with one attached hydrogen (secondary N) is 1. The monoisotopic (exact) mass is 190 g/mol. The lowest BCUT2D eigenvalue weighted by atomic mass is 10.1. The molecule has 14 heavy (non-hydrogen) atoms. The highest BCUT2D eigenvalue weighted by Crippen LogP contribution is 2.20. The van der Waals surface area contributed by atoms with Gasteiger partial charge in [0.15, 0.2) is 0 Å². The lowest BCUT2D eigenvalue weighted by molar-refractivity contribution is 0.0594. The van der Waals surface area contributed by atoms with Crippen molar-refractivity contribution >= 4 is 17.7 Å². The van der Waals surface area contributed by atoms with E-state index in [1.54, 1.807) is 12.3 Å². The SMILES string of the molecule is COC(=O)c1cc2c(cn1)NCC=C2. The summed E-state index contributed by atoms with van der Waals surface area (Å²) in [7, 11) is 1.34. The summed E-state index contributed by atoms with van der Waals surface area (Å²) in [6.07, 6.45) is 5.59. The molecule has 0 aliphatic carbocycles. The van der Waals surface area contributed by atoms with Gasteiger partial charge in [-0.05, 0) is 6.07 Å². The quantitative estimate of drug-likeness (QED) is 0.678. The van der Waals surface area contributed by atoms with Crippen molar-refractivity contribution in [3.8, 4) is 0 Å². The maximum atomic E-state index is 11.2. The van der Waals surface area contributed by atoms with E-state index in [2.05, 4.69) is 15.0 Å².